The molecular formula is C34H46O11. The molecule has 2 saturated heterocycles. The zero-order valence-corrected chi connectivity index (χ0v) is 27.4. The minimum atomic E-state index is -1.25. The lowest BCUT2D eigenvalue weighted by atomic mass is 9.32. The van der Waals surface area contributed by atoms with Gasteiger partial charge in [0.25, 0.3) is 6.47 Å². The molecule has 1 aromatic heterocycles. The average Bonchev–Trinajstić information content (AvgIpc) is 3.51. The van der Waals surface area contributed by atoms with Gasteiger partial charge >= 0.3 is 17.9 Å². The van der Waals surface area contributed by atoms with Crippen molar-refractivity contribution in [3.63, 3.8) is 0 Å². The van der Waals surface area contributed by atoms with E-state index in [-0.39, 0.29) is 31.1 Å². The highest BCUT2D eigenvalue weighted by Crippen LogP contribution is 2.82. The molecule has 5 aliphatic rings. The maximum absolute atomic E-state index is 13.6. The SMILES string of the molecule is CC(=O)O[C@H]1CC(=O)OC(C)(C)[C@@H]2C[C@H]3O[C@@]45[C@H](O)C[C@@H](c6ccoc6)[C@]4(C)[C@@H](OC(=O)CC(C)C)[C@H](OC=O)[C@H]([C@@]12C)[C@@]35C. The van der Waals surface area contributed by atoms with Crippen LogP contribution in [-0.2, 0) is 42.9 Å². The Balaban J connectivity index is 1.63. The molecule has 2 aliphatic heterocycles. The number of carbonyl (C=O) groups excluding carboxylic acids is 4. The van der Waals surface area contributed by atoms with Crippen molar-refractivity contribution in [2.45, 2.75) is 129 Å². The van der Waals surface area contributed by atoms with Crippen molar-refractivity contribution in [2.75, 3.05) is 0 Å². The molecule has 0 amide bonds. The minimum absolute atomic E-state index is 0.00234. The third-order valence-electron chi connectivity index (χ3n) is 12.5. The molecule has 0 unspecified atom stereocenters. The summed E-state index contributed by atoms with van der Waals surface area (Å²) >= 11 is 0. The van der Waals surface area contributed by atoms with Crippen molar-refractivity contribution < 1.29 is 52.4 Å². The number of cyclic esters (lactones) is 1. The van der Waals surface area contributed by atoms with Gasteiger partial charge in [-0.05, 0) is 44.2 Å². The lowest BCUT2D eigenvalue weighted by molar-refractivity contribution is -0.463. The van der Waals surface area contributed by atoms with E-state index in [0.29, 0.717) is 12.9 Å². The lowest BCUT2D eigenvalue weighted by Crippen LogP contribution is -2.89. The number of carbonyl (C=O) groups is 4. The van der Waals surface area contributed by atoms with Gasteiger partial charge in [0.15, 0.2) is 0 Å². The van der Waals surface area contributed by atoms with Gasteiger partial charge in [-0.3, -0.25) is 19.2 Å². The number of hydrogen-bond acceptors (Lipinski definition) is 11. The van der Waals surface area contributed by atoms with Crippen molar-refractivity contribution in [3.8, 4) is 0 Å². The van der Waals surface area contributed by atoms with Crippen molar-refractivity contribution in [3.05, 3.63) is 24.2 Å². The molecule has 0 aromatic carbocycles. The van der Waals surface area contributed by atoms with Crippen LogP contribution in [0.25, 0.3) is 0 Å². The van der Waals surface area contributed by atoms with Gasteiger partial charge in [-0.1, -0.05) is 34.6 Å². The highest BCUT2D eigenvalue weighted by Gasteiger charge is 2.91. The molecule has 45 heavy (non-hydrogen) atoms. The molecule has 3 heterocycles. The monoisotopic (exact) mass is 630 g/mol. The second kappa shape index (κ2) is 10.3. The van der Waals surface area contributed by atoms with Crippen LogP contribution in [0, 0.1) is 34.0 Å². The second-order valence-electron chi connectivity index (χ2n) is 15.5. The first-order chi connectivity index (χ1) is 21.0. The summed E-state index contributed by atoms with van der Waals surface area (Å²) in [6, 6.07) is 1.83. The van der Waals surface area contributed by atoms with Gasteiger partial charge in [0, 0.05) is 47.3 Å². The van der Waals surface area contributed by atoms with E-state index < -0.39 is 87.7 Å². The highest BCUT2D eigenvalue weighted by molar-refractivity contribution is 5.73. The molecule has 1 aromatic rings. The van der Waals surface area contributed by atoms with Gasteiger partial charge in [-0.25, -0.2) is 0 Å². The van der Waals surface area contributed by atoms with Gasteiger partial charge in [0.2, 0.25) is 0 Å². The van der Waals surface area contributed by atoms with Crippen molar-refractivity contribution in [1.29, 1.82) is 0 Å². The number of hydrogen-bond donors (Lipinski definition) is 1. The number of fused-ring (bicyclic) bond motifs is 2. The smallest absolute Gasteiger partial charge is 0.310 e. The summed E-state index contributed by atoms with van der Waals surface area (Å²) in [5.41, 5.74) is -4.46. The molecule has 3 saturated carbocycles. The van der Waals surface area contributed by atoms with Crippen LogP contribution in [0.5, 0.6) is 0 Å². The third-order valence-corrected chi connectivity index (χ3v) is 12.5. The van der Waals surface area contributed by atoms with Crippen molar-refractivity contribution >= 4 is 24.4 Å². The summed E-state index contributed by atoms with van der Waals surface area (Å²) < 4.78 is 37.0. The van der Waals surface area contributed by atoms with E-state index in [1.165, 1.54) is 6.92 Å². The molecular weight excluding hydrogens is 584 g/mol. The Morgan fingerprint density at radius 3 is 2.42 bits per heavy atom. The molecule has 1 N–H and O–H groups in total. The molecule has 11 nitrogen and oxygen atoms in total. The Morgan fingerprint density at radius 2 is 1.82 bits per heavy atom. The van der Waals surface area contributed by atoms with E-state index in [1.54, 1.807) is 12.5 Å². The van der Waals surface area contributed by atoms with Crippen LogP contribution in [0.4, 0.5) is 0 Å². The van der Waals surface area contributed by atoms with Gasteiger partial charge in [-0.15, -0.1) is 0 Å². The third kappa shape index (κ3) is 4.01. The fourth-order valence-electron chi connectivity index (χ4n) is 11.2. The zero-order chi connectivity index (χ0) is 32.9. The van der Waals surface area contributed by atoms with Crippen LogP contribution < -0.4 is 0 Å². The topological polar surface area (TPSA) is 148 Å². The molecule has 5 fully saturated rings. The molecule has 11 heteroatoms. The summed E-state index contributed by atoms with van der Waals surface area (Å²) in [5.74, 6) is -3.03. The molecule has 0 bridgehead atoms. The van der Waals surface area contributed by atoms with Crippen LogP contribution >= 0.6 is 0 Å². The van der Waals surface area contributed by atoms with Crippen LogP contribution in [0.1, 0.15) is 92.6 Å². The first kappa shape index (κ1) is 32.0. The van der Waals surface area contributed by atoms with E-state index in [4.69, 9.17) is 28.1 Å². The normalized spacial score (nSPS) is 46.0. The summed E-state index contributed by atoms with van der Waals surface area (Å²) in [5, 5.41) is 12.2. The Bertz CT molecular complexity index is 1370. The molecule has 248 valence electrons. The number of furan rings is 1. The quantitative estimate of drug-likeness (QED) is 0.264. The van der Waals surface area contributed by atoms with Gasteiger partial charge in [0.05, 0.1) is 31.2 Å². The predicted octanol–water partition coefficient (Wildman–Crippen LogP) is 4.09. The first-order valence-corrected chi connectivity index (χ1v) is 16.1. The highest BCUT2D eigenvalue weighted by atomic mass is 16.6. The van der Waals surface area contributed by atoms with E-state index in [0.717, 1.165) is 5.56 Å². The van der Waals surface area contributed by atoms with Crippen molar-refractivity contribution in [2.24, 2.45) is 34.0 Å². The summed E-state index contributed by atoms with van der Waals surface area (Å²) in [6.45, 7) is 15.1. The standard InChI is InChI=1S/C34H46O11/c1-17(2)11-25(38)43-29-27(41-16-35)28-31(6)21(30(4,5)45-26(39)14-23(31)42-18(3)36)13-24-33(28,8)34(44-24)22(37)12-20(32(29,34)7)19-9-10-40-15-19/h9-10,15-17,20-24,27-29,37H,11-14H2,1-8H3/t20-,21-,22+,23-,24+,27+,28+,29-,31+,32+,33+,34-/m0/s1. The maximum Gasteiger partial charge on any atom is 0.310 e. The van der Waals surface area contributed by atoms with E-state index in [9.17, 15) is 24.3 Å². The van der Waals surface area contributed by atoms with Crippen LogP contribution in [0.2, 0.25) is 0 Å². The van der Waals surface area contributed by atoms with Crippen LogP contribution in [0.15, 0.2) is 23.0 Å². The summed E-state index contributed by atoms with van der Waals surface area (Å²) in [4.78, 5) is 51.9. The number of rotatable bonds is 7. The maximum atomic E-state index is 13.6. The largest absolute Gasteiger partial charge is 0.472 e. The van der Waals surface area contributed by atoms with Gasteiger partial charge in [0.1, 0.15) is 29.5 Å². The van der Waals surface area contributed by atoms with Crippen LogP contribution in [0.3, 0.4) is 0 Å². The summed E-state index contributed by atoms with van der Waals surface area (Å²) in [7, 11) is 0. The molecule has 0 radical (unpaired) electrons. The minimum Gasteiger partial charge on any atom is -0.472 e. The number of ether oxygens (including phenoxy) is 5. The Morgan fingerprint density at radius 1 is 1.11 bits per heavy atom. The average molecular weight is 631 g/mol. The van der Waals surface area contributed by atoms with E-state index in [2.05, 4.69) is 0 Å². The number of aliphatic hydroxyl groups is 1. The van der Waals surface area contributed by atoms with Gasteiger partial charge < -0.3 is 33.2 Å². The number of esters is 3. The molecule has 12 atom stereocenters. The van der Waals surface area contributed by atoms with Gasteiger partial charge in [-0.2, -0.15) is 0 Å². The van der Waals surface area contributed by atoms with E-state index in [1.807, 2.05) is 54.5 Å². The Hall–Kier alpha value is -2.92. The number of aliphatic hydroxyl groups excluding tert-OH is 1. The fourth-order valence-corrected chi connectivity index (χ4v) is 11.2. The Labute approximate surface area is 263 Å². The zero-order valence-electron chi connectivity index (χ0n) is 27.4. The second-order valence-corrected chi connectivity index (χ2v) is 15.5. The van der Waals surface area contributed by atoms with Crippen LogP contribution in [-0.4, -0.2) is 71.2 Å². The first-order valence-electron chi connectivity index (χ1n) is 16.1. The molecule has 3 aliphatic carbocycles. The molecule has 1 spiro atoms. The molecule has 6 rings (SSSR count). The van der Waals surface area contributed by atoms with E-state index >= 15 is 0 Å². The fraction of sp³-hybridized carbons (Fsp3) is 0.765. The van der Waals surface area contributed by atoms with Crippen molar-refractivity contribution in [1.82, 2.24) is 0 Å². The Kier molecular flexibility index (Phi) is 7.33. The predicted molar refractivity (Wildman–Crippen MR) is 156 cm³/mol. The summed E-state index contributed by atoms with van der Waals surface area (Å²) in [6.07, 6.45) is -0.639. The lowest BCUT2D eigenvalue weighted by Gasteiger charge is -2.80.